The molecule has 0 aliphatic rings. The van der Waals surface area contributed by atoms with Crippen molar-refractivity contribution in [3.63, 3.8) is 0 Å². The van der Waals surface area contributed by atoms with E-state index >= 15 is 0 Å². The lowest BCUT2D eigenvalue weighted by molar-refractivity contribution is -0.571. The van der Waals surface area contributed by atoms with Gasteiger partial charge >= 0.3 is 0 Å². The number of fused-ring (bicyclic) bond motifs is 4. The van der Waals surface area contributed by atoms with Crippen LogP contribution >= 0.6 is 0 Å². The van der Waals surface area contributed by atoms with Gasteiger partial charge in [-0.15, -0.1) is 0 Å². The molecule has 0 aliphatic heterocycles. The number of imidazole rings is 1. The topological polar surface area (TPSA) is 35.9 Å². The molecule has 0 unspecified atom stereocenters. The summed E-state index contributed by atoms with van der Waals surface area (Å²) in [6.45, 7) is 8.74. The molecule has 13 rings (SSSR count). The summed E-state index contributed by atoms with van der Waals surface area (Å²) >= 11 is 0. The molecule has 3 aromatic heterocycles. The highest BCUT2D eigenvalue weighted by Crippen LogP contribution is 2.46. The van der Waals surface area contributed by atoms with Gasteiger partial charge in [0.25, 0.3) is 6.33 Å². The Bertz CT molecular complexity index is 4770. The zero-order valence-electron chi connectivity index (χ0n) is 52.2. The molecule has 0 atom stereocenters. The first-order valence-corrected chi connectivity index (χ1v) is 25.2. The van der Waals surface area contributed by atoms with E-state index in [-0.39, 0.29) is 33.4 Å². The zero-order chi connectivity index (χ0) is 60.0. The number of hydrogen-bond acceptors (Lipinski definition) is 2. The largest absolute Gasteiger partial charge is 0.457 e. The molecule has 0 bridgehead atoms. The molecule has 0 aliphatic carbocycles. The maximum atomic E-state index is 9.17. The van der Waals surface area contributed by atoms with Gasteiger partial charge in [-0.25, -0.2) is 4.98 Å². The second kappa shape index (κ2) is 19.0. The van der Waals surface area contributed by atoms with Crippen LogP contribution in [-0.4, -0.2) is 14.1 Å². The van der Waals surface area contributed by atoms with Crippen LogP contribution in [0.5, 0.6) is 11.5 Å². The van der Waals surface area contributed by atoms with E-state index in [1.165, 1.54) is 0 Å². The predicted molar refractivity (Wildman–Crippen MR) is 313 cm³/mol. The van der Waals surface area contributed by atoms with Crippen molar-refractivity contribution < 1.29 is 23.0 Å². The molecule has 0 N–H and O–H groups in total. The minimum absolute atomic E-state index is 0.140. The lowest BCUT2D eigenvalue weighted by atomic mass is 9.87. The van der Waals surface area contributed by atoms with Crippen LogP contribution in [0.1, 0.15) is 45.6 Å². The number of nitrogens with zero attached hydrogens (tertiary/aromatic N) is 4. The maximum Gasteiger partial charge on any atom is 0.269 e. The number of benzene rings is 10. The second-order valence-electron chi connectivity index (χ2n) is 19.9. The molecule has 10 aromatic carbocycles. The van der Waals surface area contributed by atoms with Gasteiger partial charge in [0.15, 0.2) is 0 Å². The molecule has 0 radical (unpaired) electrons. The number of rotatable bonds is 10. The van der Waals surface area contributed by atoms with Crippen LogP contribution < -0.4 is 9.30 Å². The van der Waals surface area contributed by atoms with Crippen LogP contribution in [0.4, 0.5) is 0 Å². The Morgan fingerprint density at radius 1 is 0.500 bits per heavy atom. The minimum Gasteiger partial charge on any atom is -0.457 e. The Hall–Kier alpha value is -9.58. The maximum absolute atomic E-state index is 9.17. The zero-order valence-corrected chi connectivity index (χ0v) is 42.2. The van der Waals surface area contributed by atoms with E-state index in [9.17, 15) is 5.48 Å². The van der Waals surface area contributed by atoms with Gasteiger partial charge in [0.2, 0.25) is 0 Å². The van der Waals surface area contributed by atoms with Gasteiger partial charge in [0.1, 0.15) is 17.3 Å². The summed E-state index contributed by atoms with van der Waals surface area (Å²) in [5, 5.41) is 2.06. The SMILES string of the molecule is [2H]c1c([2H])c([2H])c(-c2cccc(-c3c([2H])c([2H])c([2H])c([2H])c3[2H])c2-[n+]2[c-]n(-c3cccc(Oc4cc5c(cc4-c4cc(-c6ccccc6)cc(-c6ccccc6)c4C)c4ccccc4n5-c4cc(C(C)(C)C)ccn4)c3)c3ccccc32)c([2H])c1[2H]. The second-order valence-corrected chi connectivity index (χ2v) is 19.9. The van der Waals surface area contributed by atoms with Crippen molar-refractivity contribution >= 4 is 32.8 Å². The van der Waals surface area contributed by atoms with Crippen LogP contribution in [0.2, 0.25) is 0 Å². The van der Waals surface area contributed by atoms with Crippen molar-refractivity contribution in [2.45, 2.75) is 33.1 Å². The summed E-state index contributed by atoms with van der Waals surface area (Å²) in [4.78, 5) is 5.00. The first-order chi connectivity index (χ1) is 41.4. The van der Waals surface area contributed by atoms with Gasteiger partial charge in [-0.05, 0) is 128 Å². The van der Waals surface area contributed by atoms with Gasteiger partial charge < -0.3 is 4.74 Å². The molecule has 0 fully saturated rings. The minimum atomic E-state index is -0.574. The highest BCUT2D eigenvalue weighted by atomic mass is 16.5. The van der Waals surface area contributed by atoms with Crippen molar-refractivity contribution in [1.82, 2.24) is 14.1 Å². The highest BCUT2D eigenvalue weighted by Gasteiger charge is 2.24. The van der Waals surface area contributed by atoms with Crippen LogP contribution in [0.15, 0.2) is 255 Å². The molecule has 0 saturated carbocycles. The van der Waals surface area contributed by atoms with E-state index in [2.05, 4.69) is 130 Å². The van der Waals surface area contributed by atoms with Crippen LogP contribution in [0.25, 0.3) is 106 Å². The average molecular weight is 989 g/mol. The fourth-order valence-electron chi connectivity index (χ4n) is 10.4. The molecular formula is C71H54N4O. The molecule has 5 nitrogen and oxygen atoms in total. The molecule has 0 spiro atoms. The monoisotopic (exact) mass is 988 g/mol. The lowest BCUT2D eigenvalue weighted by Crippen LogP contribution is -2.31. The Labute approximate surface area is 457 Å². The number of pyridine rings is 1. The predicted octanol–water partition coefficient (Wildman–Crippen LogP) is 17.9. The molecule has 13 aromatic rings. The smallest absolute Gasteiger partial charge is 0.269 e. The molecule has 5 heteroatoms. The number of aromatic nitrogens is 4. The Balaban J connectivity index is 1.05. The normalized spacial score (nSPS) is 13.5. The number of ether oxygens (including phenoxy) is 1. The van der Waals surface area contributed by atoms with Crippen molar-refractivity contribution in [3.05, 3.63) is 272 Å². The van der Waals surface area contributed by atoms with Gasteiger partial charge in [-0.3, -0.25) is 13.7 Å². The fraction of sp³-hybridized carbons (Fsp3) is 0.0704. The summed E-state index contributed by atoms with van der Waals surface area (Å²) in [7, 11) is 0. The van der Waals surface area contributed by atoms with E-state index in [1.807, 2.05) is 89.6 Å². The van der Waals surface area contributed by atoms with Gasteiger partial charge in [-0.1, -0.05) is 209 Å². The molecule has 0 amide bonds. The molecular weight excluding hydrogens is 925 g/mol. The van der Waals surface area contributed by atoms with E-state index in [0.717, 1.165) is 72.1 Å². The third-order valence-corrected chi connectivity index (χ3v) is 14.2. The Morgan fingerprint density at radius 2 is 1.13 bits per heavy atom. The van der Waals surface area contributed by atoms with Crippen LogP contribution in [0, 0.1) is 13.3 Å². The standard InChI is InChI=1S/C71H54N4O/c1-48-60(52-29-15-8-16-30-52)41-53(49-23-9-5-10-24-49)42-61(48)63-45-62-59-33-17-18-36-64(59)75(69-43-54(39-40-72-69)71(2,3)4)67(62)46-68(63)76-56-32-21-31-55(44-56)73-47-74(66-38-20-19-37-65(66)73)70-57(50-25-11-6-12-26-50)34-22-35-58(70)51-27-13-7-14-28-51/h5-46H,1-4H3/i6D,7D,11D,12D,13D,14D,25D,26D,27D,28D. The quantitative estimate of drug-likeness (QED) is 0.101. The van der Waals surface area contributed by atoms with Crippen LogP contribution in [-0.2, 0) is 5.41 Å². The number of hydrogen-bond donors (Lipinski definition) is 0. The van der Waals surface area contributed by atoms with Gasteiger partial charge in [0.05, 0.1) is 47.1 Å². The van der Waals surface area contributed by atoms with E-state index < -0.39 is 60.4 Å². The van der Waals surface area contributed by atoms with E-state index in [4.69, 9.17) is 17.9 Å². The lowest BCUT2D eigenvalue weighted by Gasteiger charge is -2.20. The molecule has 3 heterocycles. The van der Waals surface area contributed by atoms with Crippen molar-refractivity contribution in [3.8, 4) is 84.3 Å². The third kappa shape index (κ3) is 8.32. The van der Waals surface area contributed by atoms with Gasteiger partial charge in [-0.2, -0.15) is 0 Å². The Morgan fingerprint density at radius 3 is 1.84 bits per heavy atom. The first kappa shape index (κ1) is 36.4. The first-order valence-electron chi connectivity index (χ1n) is 30.2. The Kier molecular flexibility index (Phi) is 9.11. The fourth-order valence-corrected chi connectivity index (χ4v) is 10.4. The van der Waals surface area contributed by atoms with Crippen molar-refractivity contribution in [1.29, 1.82) is 0 Å². The van der Waals surface area contributed by atoms with Crippen LogP contribution in [0.3, 0.4) is 0 Å². The third-order valence-electron chi connectivity index (χ3n) is 14.2. The highest BCUT2D eigenvalue weighted by molar-refractivity contribution is 6.11. The van der Waals surface area contributed by atoms with E-state index in [0.29, 0.717) is 28.2 Å². The van der Waals surface area contributed by atoms with Gasteiger partial charge in [0, 0.05) is 28.6 Å². The van der Waals surface area contributed by atoms with Crippen molar-refractivity contribution in [2.24, 2.45) is 0 Å². The van der Waals surface area contributed by atoms with E-state index in [1.54, 1.807) is 22.8 Å². The molecule has 0 saturated heterocycles. The summed E-state index contributed by atoms with van der Waals surface area (Å²) < 4.78 is 101. The van der Waals surface area contributed by atoms with Crippen molar-refractivity contribution in [2.75, 3.05) is 0 Å². The summed E-state index contributed by atoms with van der Waals surface area (Å²) in [6.07, 6.45) is 5.39. The summed E-state index contributed by atoms with van der Waals surface area (Å²) in [5.41, 5.74) is 12.0. The number of para-hydroxylation sites is 4. The summed E-state index contributed by atoms with van der Waals surface area (Å²) in [5.74, 6) is 1.82. The summed E-state index contributed by atoms with van der Waals surface area (Å²) in [6, 6.07) is 56.8. The average Bonchev–Trinajstić information content (AvgIpc) is 1.58. The molecule has 76 heavy (non-hydrogen) atoms. The molecule has 364 valence electrons.